The van der Waals surface area contributed by atoms with Crippen LogP contribution in [0.1, 0.15) is 32.1 Å². The molecule has 1 saturated carbocycles. The maximum atomic E-state index is 11.8. The summed E-state index contributed by atoms with van der Waals surface area (Å²) in [5.41, 5.74) is 6.51. The highest BCUT2D eigenvalue weighted by molar-refractivity contribution is 5.07. The van der Waals surface area contributed by atoms with Gasteiger partial charge in [0.2, 0.25) is 0 Å². The molecule has 4 heteroatoms. The number of alkyl halides is 3. The van der Waals surface area contributed by atoms with Crippen LogP contribution in [-0.4, -0.2) is 12.2 Å². The first-order valence-electron chi connectivity index (χ1n) is 4.47. The lowest BCUT2D eigenvalue weighted by Gasteiger charge is -2.20. The molecule has 1 nitrogen and oxygen atoms in total. The topological polar surface area (TPSA) is 26.0 Å². The second kappa shape index (κ2) is 4.13. The minimum Gasteiger partial charge on any atom is -0.327 e. The number of nitrogens with two attached hydrogens (primary N) is 1. The highest BCUT2D eigenvalue weighted by Gasteiger charge is 2.25. The number of halogens is 3. The van der Waals surface area contributed by atoms with Gasteiger partial charge < -0.3 is 5.73 Å². The standard InChI is InChI=1S/C9H14F3N/c10-9(11,12)5-4-7-2-1-3-8(13)6-7/h4,8H,1-3,5-6,13H2. The normalized spacial score (nSPS) is 28.0. The number of rotatable bonds is 1. The summed E-state index contributed by atoms with van der Waals surface area (Å²) in [6.45, 7) is 0. The molecule has 0 saturated heterocycles. The van der Waals surface area contributed by atoms with Crippen molar-refractivity contribution in [1.29, 1.82) is 0 Å². The van der Waals surface area contributed by atoms with Gasteiger partial charge in [0.25, 0.3) is 0 Å². The van der Waals surface area contributed by atoms with Crippen molar-refractivity contribution in [2.24, 2.45) is 5.73 Å². The van der Waals surface area contributed by atoms with Crippen molar-refractivity contribution < 1.29 is 13.2 Å². The molecule has 2 N–H and O–H groups in total. The van der Waals surface area contributed by atoms with Crippen LogP contribution in [0.5, 0.6) is 0 Å². The van der Waals surface area contributed by atoms with Crippen molar-refractivity contribution in [1.82, 2.24) is 0 Å². The SMILES string of the molecule is NC1CCCC(=CCC(F)(F)F)C1. The average Bonchev–Trinajstić information content (AvgIpc) is 2.00. The predicted molar refractivity (Wildman–Crippen MR) is 45.2 cm³/mol. The molecule has 1 atom stereocenters. The summed E-state index contributed by atoms with van der Waals surface area (Å²) in [6, 6.07) is 0.0632. The third-order valence-electron chi connectivity index (χ3n) is 2.22. The van der Waals surface area contributed by atoms with Crippen molar-refractivity contribution in [3.8, 4) is 0 Å². The van der Waals surface area contributed by atoms with E-state index >= 15 is 0 Å². The summed E-state index contributed by atoms with van der Waals surface area (Å²) >= 11 is 0. The van der Waals surface area contributed by atoms with Gasteiger partial charge in [-0.15, -0.1) is 0 Å². The van der Waals surface area contributed by atoms with E-state index in [0.717, 1.165) is 24.8 Å². The van der Waals surface area contributed by atoms with Crippen molar-refractivity contribution >= 4 is 0 Å². The lowest BCUT2D eigenvalue weighted by Crippen LogP contribution is -2.23. The smallest absolute Gasteiger partial charge is 0.327 e. The van der Waals surface area contributed by atoms with E-state index in [-0.39, 0.29) is 6.04 Å². The van der Waals surface area contributed by atoms with E-state index in [1.807, 2.05) is 0 Å². The van der Waals surface area contributed by atoms with Crippen molar-refractivity contribution in [3.05, 3.63) is 11.6 Å². The molecular formula is C9H14F3N. The zero-order chi connectivity index (χ0) is 9.90. The maximum Gasteiger partial charge on any atom is 0.392 e. The molecule has 0 aliphatic heterocycles. The van der Waals surface area contributed by atoms with Gasteiger partial charge in [-0.2, -0.15) is 13.2 Å². The molecule has 1 aliphatic carbocycles. The van der Waals surface area contributed by atoms with Gasteiger partial charge in [-0.1, -0.05) is 11.6 Å². The summed E-state index contributed by atoms with van der Waals surface area (Å²) in [5, 5.41) is 0. The van der Waals surface area contributed by atoms with Gasteiger partial charge in [-0.05, 0) is 25.7 Å². The second-order valence-electron chi connectivity index (χ2n) is 3.54. The molecule has 1 rings (SSSR count). The van der Waals surface area contributed by atoms with E-state index in [1.165, 1.54) is 6.08 Å². The molecule has 13 heavy (non-hydrogen) atoms. The van der Waals surface area contributed by atoms with Crippen LogP contribution in [0.25, 0.3) is 0 Å². The fraction of sp³-hybridized carbons (Fsp3) is 0.778. The first-order chi connectivity index (χ1) is 5.97. The molecule has 0 heterocycles. The van der Waals surface area contributed by atoms with Gasteiger partial charge >= 0.3 is 6.18 Å². The maximum absolute atomic E-state index is 11.8. The van der Waals surface area contributed by atoms with Crippen LogP contribution in [-0.2, 0) is 0 Å². The van der Waals surface area contributed by atoms with E-state index < -0.39 is 12.6 Å². The molecule has 0 radical (unpaired) electrons. The molecule has 1 fully saturated rings. The van der Waals surface area contributed by atoms with Crippen LogP contribution >= 0.6 is 0 Å². The van der Waals surface area contributed by atoms with Gasteiger partial charge in [0.1, 0.15) is 0 Å². The Balaban J connectivity index is 2.42. The Bertz CT molecular complexity index is 196. The highest BCUT2D eigenvalue weighted by Crippen LogP contribution is 2.26. The Kier molecular flexibility index (Phi) is 3.36. The Hall–Kier alpha value is -0.510. The third-order valence-corrected chi connectivity index (χ3v) is 2.22. The van der Waals surface area contributed by atoms with Crippen LogP contribution in [0.2, 0.25) is 0 Å². The largest absolute Gasteiger partial charge is 0.392 e. The number of hydrogen-bond donors (Lipinski definition) is 1. The molecule has 1 aliphatic rings. The van der Waals surface area contributed by atoms with Crippen LogP contribution < -0.4 is 5.73 Å². The van der Waals surface area contributed by atoms with E-state index in [1.54, 1.807) is 0 Å². The zero-order valence-corrected chi connectivity index (χ0v) is 7.40. The van der Waals surface area contributed by atoms with Crippen LogP contribution in [0.4, 0.5) is 13.2 Å². The predicted octanol–water partition coefficient (Wildman–Crippen LogP) is 2.77. The molecule has 76 valence electrons. The first kappa shape index (κ1) is 10.6. The quantitative estimate of drug-likeness (QED) is 0.636. The van der Waals surface area contributed by atoms with E-state index in [4.69, 9.17) is 5.73 Å². The van der Waals surface area contributed by atoms with Crippen LogP contribution in [0, 0.1) is 0 Å². The van der Waals surface area contributed by atoms with Crippen LogP contribution in [0.15, 0.2) is 11.6 Å². The minimum atomic E-state index is -4.07. The van der Waals surface area contributed by atoms with E-state index in [0.29, 0.717) is 6.42 Å². The monoisotopic (exact) mass is 193 g/mol. The number of allylic oxidation sites excluding steroid dienone is 1. The molecule has 0 bridgehead atoms. The van der Waals surface area contributed by atoms with Crippen LogP contribution in [0.3, 0.4) is 0 Å². The van der Waals surface area contributed by atoms with Crippen molar-refractivity contribution in [3.63, 3.8) is 0 Å². The van der Waals surface area contributed by atoms with Crippen molar-refractivity contribution in [2.75, 3.05) is 0 Å². The second-order valence-corrected chi connectivity index (χ2v) is 3.54. The number of hydrogen-bond acceptors (Lipinski definition) is 1. The molecule has 0 aromatic carbocycles. The van der Waals surface area contributed by atoms with Gasteiger partial charge in [0, 0.05) is 6.04 Å². The molecular weight excluding hydrogens is 179 g/mol. The summed E-state index contributed by atoms with van der Waals surface area (Å²) in [6.07, 6.45) is -0.323. The Morgan fingerprint density at radius 1 is 1.46 bits per heavy atom. The van der Waals surface area contributed by atoms with Gasteiger partial charge in [0.05, 0.1) is 6.42 Å². The lowest BCUT2D eigenvalue weighted by molar-refractivity contribution is -0.125. The summed E-state index contributed by atoms with van der Waals surface area (Å²) in [7, 11) is 0. The lowest BCUT2D eigenvalue weighted by atomic mass is 9.90. The fourth-order valence-electron chi connectivity index (χ4n) is 1.58. The summed E-state index contributed by atoms with van der Waals surface area (Å²) in [4.78, 5) is 0. The molecule has 0 aromatic rings. The van der Waals surface area contributed by atoms with Gasteiger partial charge in [-0.3, -0.25) is 0 Å². The molecule has 0 aromatic heterocycles. The van der Waals surface area contributed by atoms with E-state index in [2.05, 4.69) is 0 Å². The Labute approximate surface area is 75.8 Å². The Morgan fingerprint density at radius 3 is 2.69 bits per heavy atom. The summed E-state index contributed by atoms with van der Waals surface area (Å²) in [5.74, 6) is 0. The average molecular weight is 193 g/mol. The van der Waals surface area contributed by atoms with Gasteiger partial charge in [-0.25, -0.2) is 0 Å². The minimum absolute atomic E-state index is 0.0632. The van der Waals surface area contributed by atoms with Gasteiger partial charge in [0.15, 0.2) is 0 Å². The third kappa shape index (κ3) is 4.31. The highest BCUT2D eigenvalue weighted by atomic mass is 19.4. The zero-order valence-electron chi connectivity index (χ0n) is 7.40. The van der Waals surface area contributed by atoms with Crippen molar-refractivity contribution in [2.45, 2.75) is 44.3 Å². The van der Waals surface area contributed by atoms with E-state index in [9.17, 15) is 13.2 Å². The molecule has 0 amide bonds. The summed E-state index contributed by atoms with van der Waals surface area (Å²) < 4.78 is 35.5. The molecule has 0 spiro atoms. The molecule has 1 unspecified atom stereocenters. The first-order valence-corrected chi connectivity index (χ1v) is 4.47. The Morgan fingerprint density at radius 2 is 2.15 bits per heavy atom. The fourth-order valence-corrected chi connectivity index (χ4v) is 1.58.